The number of halogens is 1. The fourth-order valence-corrected chi connectivity index (χ4v) is 3.96. The van der Waals surface area contributed by atoms with Crippen LogP contribution in [-0.2, 0) is 13.0 Å². The predicted octanol–water partition coefficient (Wildman–Crippen LogP) is 5.22. The Kier molecular flexibility index (Phi) is 4.00. The molecule has 2 nitrogen and oxygen atoms in total. The number of rotatable bonds is 4. The van der Waals surface area contributed by atoms with Crippen LogP contribution in [0.1, 0.15) is 27.2 Å². The lowest BCUT2D eigenvalue weighted by Gasteiger charge is -2.06. The molecule has 0 aliphatic heterocycles. The summed E-state index contributed by atoms with van der Waals surface area (Å²) < 4.78 is 3.17. The minimum Gasteiger partial charge on any atom is -0.336 e. The Labute approximate surface area is 136 Å². The minimum atomic E-state index is 0.177. The molecule has 21 heavy (non-hydrogen) atoms. The van der Waals surface area contributed by atoms with Crippen LogP contribution in [0.5, 0.6) is 0 Å². The van der Waals surface area contributed by atoms with Crippen LogP contribution in [0.2, 0.25) is 0 Å². The number of nitrogens with zero attached hydrogens (tertiary/aromatic N) is 1. The van der Waals surface area contributed by atoms with Crippen LogP contribution in [0.15, 0.2) is 40.9 Å². The highest BCUT2D eigenvalue weighted by Gasteiger charge is 2.16. The molecule has 2 heterocycles. The Morgan fingerprint density at radius 2 is 2.00 bits per heavy atom. The first-order valence-corrected chi connectivity index (χ1v) is 8.58. The molecule has 0 aliphatic rings. The summed E-state index contributed by atoms with van der Waals surface area (Å²) in [5.74, 6) is 0.177. The number of thiophene rings is 1. The molecule has 0 unspecified atom stereocenters. The van der Waals surface area contributed by atoms with Gasteiger partial charge in [-0.1, -0.05) is 25.1 Å². The van der Waals surface area contributed by atoms with E-state index in [1.165, 1.54) is 4.88 Å². The van der Waals surface area contributed by atoms with Crippen molar-refractivity contribution in [2.75, 3.05) is 0 Å². The van der Waals surface area contributed by atoms with Crippen LogP contribution < -0.4 is 0 Å². The van der Waals surface area contributed by atoms with E-state index in [4.69, 9.17) is 0 Å². The van der Waals surface area contributed by atoms with Gasteiger partial charge in [-0.25, -0.2) is 0 Å². The van der Waals surface area contributed by atoms with Gasteiger partial charge in [-0.3, -0.25) is 4.79 Å². The van der Waals surface area contributed by atoms with Crippen molar-refractivity contribution < 1.29 is 4.79 Å². The van der Waals surface area contributed by atoms with Gasteiger partial charge in [-0.05, 0) is 47.5 Å². The van der Waals surface area contributed by atoms with Gasteiger partial charge >= 0.3 is 0 Å². The van der Waals surface area contributed by atoms with E-state index in [1.54, 1.807) is 11.3 Å². The molecule has 0 N–H and O–H groups in total. The fourth-order valence-electron chi connectivity index (χ4n) is 2.53. The fraction of sp³-hybridized carbons (Fsp3) is 0.235. The van der Waals surface area contributed by atoms with Crippen LogP contribution in [0.25, 0.3) is 10.9 Å². The van der Waals surface area contributed by atoms with Crippen molar-refractivity contribution in [1.82, 2.24) is 4.57 Å². The smallest absolute Gasteiger partial charge is 0.192 e. The van der Waals surface area contributed by atoms with Gasteiger partial charge in [0, 0.05) is 25.9 Å². The number of fused-ring (bicyclic) bond motifs is 1. The van der Waals surface area contributed by atoms with Crippen molar-refractivity contribution in [3.8, 4) is 0 Å². The summed E-state index contributed by atoms with van der Waals surface area (Å²) in [6, 6.07) is 12.2. The lowest BCUT2D eigenvalue weighted by atomic mass is 10.2. The lowest BCUT2D eigenvalue weighted by molar-refractivity contribution is 0.0977. The zero-order valence-electron chi connectivity index (χ0n) is 12.0. The second kappa shape index (κ2) is 5.78. The van der Waals surface area contributed by atoms with Gasteiger partial charge in [-0.15, -0.1) is 11.3 Å². The average Bonchev–Trinajstić information content (AvgIpc) is 3.07. The standard InChI is InChI=1S/C17H16BrNOS/c1-3-12-8-9-16(21-12)15(20)10-19-11(2)17(18)13-6-4-5-7-14(13)19/h4-9H,3,10H2,1-2H3. The highest BCUT2D eigenvalue weighted by Crippen LogP contribution is 2.31. The second-order valence-electron chi connectivity index (χ2n) is 5.05. The molecular formula is C17H16BrNOS. The monoisotopic (exact) mass is 361 g/mol. The molecule has 108 valence electrons. The maximum atomic E-state index is 12.5. The Hall–Kier alpha value is -1.39. The van der Waals surface area contributed by atoms with Crippen LogP contribution >= 0.6 is 27.3 Å². The van der Waals surface area contributed by atoms with E-state index in [0.29, 0.717) is 6.54 Å². The van der Waals surface area contributed by atoms with Gasteiger partial charge in [0.1, 0.15) is 0 Å². The number of benzene rings is 1. The van der Waals surface area contributed by atoms with Gasteiger partial charge in [0.2, 0.25) is 0 Å². The molecule has 0 spiro atoms. The number of carbonyl (C=O) groups is 1. The predicted molar refractivity (Wildman–Crippen MR) is 92.4 cm³/mol. The number of aryl methyl sites for hydroxylation is 1. The van der Waals surface area contributed by atoms with Gasteiger partial charge < -0.3 is 4.57 Å². The van der Waals surface area contributed by atoms with Gasteiger partial charge in [0.25, 0.3) is 0 Å². The molecule has 0 fully saturated rings. The molecule has 0 aliphatic carbocycles. The van der Waals surface area contributed by atoms with E-state index in [9.17, 15) is 4.79 Å². The van der Waals surface area contributed by atoms with Crippen LogP contribution in [0.4, 0.5) is 0 Å². The van der Waals surface area contributed by atoms with Gasteiger partial charge in [0.15, 0.2) is 5.78 Å². The Bertz CT molecular complexity index is 815. The minimum absolute atomic E-state index is 0.177. The normalized spacial score (nSPS) is 11.2. The number of aromatic nitrogens is 1. The molecule has 0 radical (unpaired) electrons. The first kappa shape index (κ1) is 14.5. The lowest BCUT2D eigenvalue weighted by Crippen LogP contribution is -2.10. The van der Waals surface area contributed by atoms with Crippen molar-refractivity contribution in [1.29, 1.82) is 0 Å². The number of hydrogen-bond acceptors (Lipinski definition) is 2. The maximum absolute atomic E-state index is 12.5. The van der Waals surface area contributed by atoms with Crippen molar-refractivity contribution in [3.63, 3.8) is 0 Å². The van der Waals surface area contributed by atoms with Crippen molar-refractivity contribution in [2.24, 2.45) is 0 Å². The van der Waals surface area contributed by atoms with E-state index < -0.39 is 0 Å². The number of para-hydroxylation sites is 1. The summed E-state index contributed by atoms with van der Waals surface area (Å²) in [7, 11) is 0. The van der Waals surface area contributed by atoms with Crippen LogP contribution in [0, 0.1) is 6.92 Å². The number of hydrogen-bond donors (Lipinski definition) is 0. The van der Waals surface area contributed by atoms with Crippen molar-refractivity contribution in [2.45, 2.75) is 26.8 Å². The van der Waals surface area contributed by atoms with Crippen molar-refractivity contribution in [3.05, 3.63) is 56.3 Å². The zero-order chi connectivity index (χ0) is 15.0. The molecular weight excluding hydrogens is 346 g/mol. The first-order chi connectivity index (χ1) is 10.1. The van der Waals surface area contributed by atoms with E-state index in [0.717, 1.165) is 32.4 Å². The van der Waals surface area contributed by atoms with E-state index >= 15 is 0 Å². The Morgan fingerprint density at radius 1 is 1.24 bits per heavy atom. The quantitative estimate of drug-likeness (QED) is 0.584. The summed E-state index contributed by atoms with van der Waals surface area (Å²) >= 11 is 5.24. The van der Waals surface area contributed by atoms with Crippen molar-refractivity contribution >= 4 is 44.0 Å². The largest absolute Gasteiger partial charge is 0.336 e. The SMILES string of the molecule is CCc1ccc(C(=O)Cn2c(C)c(Br)c3ccccc32)s1. The Morgan fingerprint density at radius 3 is 2.71 bits per heavy atom. The molecule has 0 bridgehead atoms. The Balaban J connectivity index is 1.98. The number of Topliss-reactive ketones (excluding diaryl/α,β-unsaturated/α-hetero) is 1. The third-order valence-corrected chi connectivity index (χ3v) is 6.01. The summed E-state index contributed by atoms with van der Waals surface area (Å²) in [6.07, 6.45) is 0.981. The average molecular weight is 362 g/mol. The number of carbonyl (C=O) groups excluding carboxylic acids is 1. The van der Waals surface area contributed by atoms with Crippen LogP contribution in [-0.4, -0.2) is 10.4 Å². The van der Waals surface area contributed by atoms with Crippen LogP contribution in [0.3, 0.4) is 0 Å². The summed E-state index contributed by atoms with van der Waals surface area (Å²) in [5, 5.41) is 1.16. The van der Waals surface area contributed by atoms with E-state index in [1.807, 2.05) is 25.1 Å². The summed E-state index contributed by atoms with van der Waals surface area (Å²) in [6.45, 7) is 4.55. The molecule has 0 saturated heterocycles. The molecule has 0 atom stereocenters. The van der Waals surface area contributed by atoms with Gasteiger partial charge in [-0.2, -0.15) is 0 Å². The molecule has 1 aromatic carbocycles. The third-order valence-electron chi connectivity index (χ3n) is 3.74. The van der Waals surface area contributed by atoms with Gasteiger partial charge in [0.05, 0.1) is 11.4 Å². The third kappa shape index (κ3) is 2.58. The zero-order valence-corrected chi connectivity index (χ0v) is 14.4. The topological polar surface area (TPSA) is 22.0 Å². The highest BCUT2D eigenvalue weighted by molar-refractivity contribution is 9.10. The molecule has 2 aromatic heterocycles. The summed E-state index contributed by atoms with van der Waals surface area (Å²) in [5.41, 5.74) is 2.19. The number of ketones is 1. The molecule has 3 rings (SSSR count). The molecule has 4 heteroatoms. The molecule has 3 aromatic rings. The van der Waals surface area contributed by atoms with E-state index in [-0.39, 0.29) is 5.78 Å². The highest BCUT2D eigenvalue weighted by atomic mass is 79.9. The van der Waals surface area contributed by atoms with E-state index in [2.05, 4.69) is 45.6 Å². The summed E-state index contributed by atoms with van der Waals surface area (Å²) in [4.78, 5) is 14.6. The second-order valence-corrected chi connectivity index (χ2v) is 7.01. The maximum Gasteiger partial charge on any atom is 0.192 e. The molecule has 0 amide bonds. The first-order valence-electron chi connectivity index (χ1n) is 6.97. The molecule has 0 saturated carbocycles.